The molecule has 0 amide bonds. The van der Waals surface area contributed by atoms with Gasteiger partial charge in [0.25, 0.3) is 0 Å². The molecule has 0 aliphatic rings. The summed E-state index contributed by atoms with van der Waals surface area (Å²) in [6, 6.07) is 17.6. The lowest BCUT2D eigenvalue weighted by Gasteiger charge is -2.03. The SMILES string of the molecule is CC(C)/C=C/c1ccccc1C(=O)/C=C/c1ccccc1. The van der Waals surface area contributed by atoms with E-state index in [9.17, 15) is 4.79 Å². The van der Waals surface area contributed by atoms with E-state index in [4.69, 9.17) is 0 Å². The summed E-state index contributed by atoms with van der Waals surface area (Å²) in [6.07, 6.45) is 7.62. The number of benzene rings is 2. The molecule has 2 aromatic rings. The highest BCUT2D eigenvalue weighted by Crippen LogP contribution is 2.14. The van der Waals surface area contributed by atoms with E-state index < -0.39 is 0 Å². The average molecular weight is 276 g/mol. The third-order valence-corrected chi connectivity index (χ3v) is 3.11. The molecule has 0 saturated carbocycles. The first kappa shape index (κ1) is 15.0. The lowest BCUT2D eigenvalue weighted by atomic mass is 10.0. The van der Waals surface area contributed by atoms with Crippen molar-refractivity contribution in [2.75, 3.05) is 0 Å². The van der Waals surface area contributed by atoms with Crippen molar-refractivity contribution in [1.29, 1.82) is 0 Å². The zero-order valence-electron chi connectivity index (χ0n) is 12.5. The number of carbonyl (C=O) groups is 1. The van der Waals surface area contributed by atoms with Crippen LogP contribution in [-0.2, 0) is 0 Å². The largest absolute Gasteiger partial charge is 0.289 e. The molecule has 0 N–H and O–H groups in total. The molecule has 0 aromatic heterocycles. The number of allylic oxidation sites excluding steroid dienone is 2. The zero-order chi connectivity index (χ0) is 15.1. The van der Waals surface area contributed by atoms with Crippen molar-refractivity contribution in [1.82, 2.24) is 0 Å². The van der Waals surface area contributed by atoms with Gasteiger partial charge in [-0.15, -0.1) is 0 Å². The molecule has 0 unspecified atom stereocenters. The van der Waals surface area contributed by atoms with Gasteiger partial charge in [-0.2, -0.15) is 0 Å². The Kier molecular flexibility index (Phi) is 5.28. The topological polar surface area (TPSA) is 17.1 Å². The molecular formula is C20H20O. The molecule has 0 bridgehead atoms. The molecule has 2 rings (SSSR count). The predicted molar refractivity (Wildman–Crippen MR) is 90.1 cm³/mol. The zero-order valence-corrected chi connectivity index (χ0v) is 12.5. The van der Waals surface area contributed by atoms with Crippen molar-refractivity contribution in [2.45, 2.75) is 13.8 Å². The van der Waals surface area contributed by atoms with Crippen molar-refractivity contribution in [3.8, 4) is 0 Å². The average Bonchev–Trinajstić information content (AvgIpc) is 2.52. The van der Waals surface area contributed by atoms with Crippen LogP contribution in [0.5, 0.6) is 0 Å². The first-order valence-electron chi connectivity index (χ1n) is 7.21. The van der Waals surface area contributed by atoms with Gasteiger partial charge in [0.15, 0.2) is 5.78 Å². The van der Waals surface area contributed by atoms with Crippen LogP contribution < -0.4 is 0 Å². The number of carbonyl (C=O) groups excluding carboxylic acids is 1. The normalized spacial score (nSPS) is 11.6. The van der Waals surface area contributed by atoms with Crippen LogP contribution in [-0.4, -0.2) is 5.78 Å². The van der Waals surface area contributed by atoms with Gasteiger partial charge in [0.1, 0.15) is 0 Å². The molecular weight excluding hydrogens is 256 g/mol. The Labute approximate surface area is 126 Å². The maximum absolute atomic E-state index is 12.4. The highest BCUT2D eigenvalue weighted by molar-refractivity contribution is 6.09. The molecule has 2 aromatic carbocycles. The molecule has 21 heavy (non-hydrogen) atoms. The van der Waals surface area contributed by atoms with Crippen LogP contribution in [0.2, 0.25) is 0 Å². The molecule has 1 heteroatoms. The summed E-state index contributed by atoms with van der Waals surface area (Å²) < 4.78 is 0. The summed E-state index contributed by atoms with van der Waals surface area (Å²) in [6.45, 7) is 4.24. The molecule has 0 radical (unpaired) electrons. The summed E-state index contributed by atoms with van der Waals surface area (Å²) in [5, 5.41) is 0. The second kappa shape index (κ2) is 7.39. The van der Waals surface area contributed by atoms with Gasteiger partial charge in [-0.1, -0.05) is 86.7 Å². The molecule has 0 heterocycles. The summed E-state index contributed by atoms with van der Waals surface area (Å²) in [7, 11) is 0. The third-order valence-electron chi connectivity index (χ3n) is 3.11. The van der Waals surface area contributed by atoms with E-state index in [1.54, 1.807) is 6.08 Å². The monoisotopic (exact) mass is 276 g/mol. The molecule has 0 spiro atoms. The first-order chi connectivity index (χ1) is 10.2. The van der Waals surface area contributed by atoms with Crippen LogP contribution in [0.25, 0.3) is 12.2 Å². The predicted octanol–water partition coefficient (Wildman–Crippen LogP) is 5.25. The number of rotatable bonds is 5. The number of hydrogen-bond donors (Lipinski definition) is 0. The molecule has 0 aliphatic heterocycles. The third kappa shape index (κ3) is 4.57. The Morgan fingerprint density at radius 2 is 1.57 bits per heavy atom. The van der Waals surface area contributed by atoms with Gasteiger partial charge < -0.3 is 0 Å². The van der Waals surface area contributed by atoms with E-state index >= 15 is 0 Å². The van der Waals surface area contributed by atoms with Gasteiger partial charge in [-0.3, -0.25) is 4.79 Å². The van der Waals surface area contributed by atoms with E-state index in [0.29, 0.717) is 5.92 Å². The fourth-order valence-corrected chi connectivity index (χ4v) is 1.99. The Morgan fingerprint density at radius 3 is 2.29 bits per heavy atom. The number of ketones is 1. The van der Waals surface area contributed by atoms with Crippen LogP contribution in [0, 0.1) is 5.92 Å². The van der Waals surface area contributed by atoms with E-state index in [-0.39, 0.29) is 5.78 Å². The lowest BCUT2D eigenvalue weighted by molar-refractivity contribution is 0.104. The van der Waals surface area contributed by atoms with Crippen LogP contribution in [0.15, 0.2) is 66.7 Å². The molecule has 0 fully saturated rings. The van der Waals surface area contributed by atoms with Gasteiger partial charge in [0.05, 0.1) is 0 Å². The molecule has 106 valence electrons. The van der Waals surface area contributed by atoms with Crippen molar-refractivity contribution < 1.29 is 4.79 Å². The quantitative estimate of drug-likeness (QED) is 0.538. The maximum atomic E-state index is 12.4. The Hall–Kier alpha value is -2.41. The first-order valence-corrected chi connectivity index (χ1v) is 7.21. The number of hydrogen-bond acceptors (Lipinski definition) is 1. The van der Waals surface area contributed by atoms with E-state index in [1.165, 1.54) is 0 Å². The summed E-state index contributed by atoms with van der Waals surface area (Å²) >= 11 is 0. The Balaban J connectivity index is 2.21. The van der Waals surface area contributed by atoms with Gasteiger partial charge >= 0.3 is 0 Å². The van der Waals surface area contributed by atoms with Crippen molar-refractivity contribution in [3.05, 3.63) is 83.4 Å². The molecule has 0 saturated heterocycles. The van der Waals surface area contributed by atoms with Gasteiger partial charge in [-0.05, 0) is 23.1 Å². The summed E-state index contributed by atoms with van der Waals surface area (Å²) in [4.78, 5) is 12.4. The van der Waals surface area contributed by atoms with Crippen LogP contribution >= 0.6 is 0 Å². The second-order valence-corrected chi connectivity index (χ2v) is 5.30. The van der Waals surface area contributed by atoms with E-state index in [2.05, 4.69) is 19.9 Å². The fraction of sp³-hybridized carbons (Fsp3) is 0.150. The standard InChI is InChI=1S/C20H20O/c1-16(2)12-14-18-10-6-7-11-19(18)20(21)15-13-17-8-4-3-5-9-17/h3-16H,1-2H3/b14-12+,15-13+. The highest BCUT2D eigenvalue weighted by Gasteiger charge is 2.05. The molecule has 0 atom stereocenters. The summed E-state index contributed by atoms with van der Waals surface area (Å²) in [5.41, 5.74) is 2.73. The maximum Gasteiger partial charge on any atom is 0.186 e. The van der Waals surface area contributed by atoms with Gasteiger partial charge in [0, 0.05) is 5.56 Å². The minimum atomic E-state index is 0.0304. The molecule has 1 nitrogen and oxygen atoms in total. The second-order valence-electron chi connectivity index (χ2n) is 5.30. The highest BCUT2D eigenvalue weighted by atomic mass is 16.1. The van der Waals surface area contributed by atoms with Crippen LogP contribution in [0.4, 0.5) is 0 Å². The van der Waals surface area contributed by atoms with Gasteiger partial charge in [0.2, 0.25) is 0 Å². The summed E-state index contributed by atoms with van der Waals surface area (Å²) in [5.74, 6) is 0.496. The van der Waals surface area contributed by atoms with E-state index in [0.717, 1.165) is 16.7 Å². The van der Waals surface area contributed by atoms with Crippen LogP contribution in [0.1, 0.15) is 35.3 Å². The van der Waals surface area contributed by atoms with Crippen LogP contribution in [0.3, 0.4) is 0 Å². The Bertz CT molecular complexity index is 649. The van der Waals surface area contributed by atoms with Crippen molar-refractivity contribution >= 4 is 17.9 Å². The smallest absolute Gasteiger partial charge is 0.186 e. The van der Waals surface area contributed by atoms with Crippen molar-refractivity contribution in [3.63, 3.8) is 0 Å². The van der Waals surface area contributed by atoms with Gasteiger partial charge in [-0.25, -0.2) is 0 Å². The molecule has 0 aliphatic carbocycles. The minimum Gasteiger partial charge on any atom is -0.289 e. The fourth-order valence-electron chi connectivity index (χ4n) is 1.99. The Morgan fingerprint density at radius 1 is 0.905 bits per heavy atom. The van der Waals surface area contributed by atoms with Crippen molar-refractivity contribution in [2.24, 2.45) is 5.92 Å². The minimum absolute atomic E-state index is 0.0304. The lowest BCUT2D eigenvalue weighted by Crippen LogP contribution is -1.97. The van der Waals surface area contributed by atoms with E-state index in [1.807, 2.05) is 66.7 Å².